The van der Waals surface area contributed by atoms with Gasteiger partial charge >= 0.3 is 0 Å². The number of nitrogens with zero attached hydrogens (tertiary/aromatic N) is 2. The summed E-state index contributed by atoms with van der Waals surface area (Å²) in [7, 11) is 0. The van der Waals surface area contributed by atoms with Gasteiger partial charge in [-0.05, 0) is 35.4 Å². The molecule has 0 aliphatic carbocycles. The molecule has 0 bridgehead atoms. The Morgan fingerprint density at radius 2 is 1.84 bits per heavy atom. The number of carbonyl (C=O) groups is 1. The summed E-state index contributed by atoms with van der Waals surface area (Å²) in [6, 6.07) is 17.9. The first-order valence-electron chi connectivity index (χ1n) is 10.8. The molecular formula is C25H26N2O4. The van der Waals surface area contributed by atoms with Crippen molar-refractivity contribution < 1.29 is 18.7 Å². The maximum absolute atomic E-state index is 13.0. The van der Waals surface area contributed by atoms with Gasteiger partial charge in [0.1, 0.15) is 18.1 Å². The van der Waals surface area contributed by atoms with E-state index < -0.39 is 0 Å². The Morgan fingerprint density at radius 3 is 2.68 bits per heavy atom. The Labute approximate surface area is 182 Å². The van der Waals surface area contributed by atoms with E-state index in [1.165, 1.54) is 11.1 Å². The van der Waals surface area contributed by atoms with E-state index in [0.29, 0.717) is 25.5 Å². The summed E-state index contributed by atoms with van der Waals surface area (Å²) in [5, 5.41) is 0. The highest BCUT2D eigenvalue weighted by molar-refractivity contribution is 5.93. The van der Waals surface area contributed by atoms with Crippen molar-refractivity contribution in [1.82, 2.24) is 9.80 Å². The number of rotatable bonds is 6. The zero-order valence-corrected chi connectivity index (χ0v) is 17.5. The number of hydrogen-bond donors (Lipinski definition) is 0. The molecule has 0 spiro atoms. The normalized spacial score (nSPS) is 16.1. The molecule has 31 heavy (non-hydrogen) atoms. The van der Waals surface area contributed by atoms with Crippen molar-refractivity contribution in [2.75, 3.05) is 32.8 Å². The van der Waals surface area contributed by atoms with Crippen LogP contribution in [0.4, 0.5) is 0 Å². The van der Waals surface area contributed by atoms with Crippen LogP contribution in [0.2, 0.25) is 0 Å². The summed E-state index contributed by atoms with van der Waals surface area (Å²) >= 11 is 0. The van der Waals surface area contributed by atoms with Crippen molar-refractivity contribution in [3.05, 3.63) is 83.3 Å². The van der Waals surface area contributed by atoms with E-state index in [1.54, 1.807) is 6.26 Å². The number of para-hydroxylation sites is 1. The molecule has 2 aliphatic rings. The summed E-state index contributed by atoms with van der Waals surface area (Å²) in [4.78, 5) is 17.3. The standard InChI is InChI=1S/C25H26N2O4/c28-25(24-21(9-15-30-24)18-31-22-4-2-1-3-5-22)27-12-10-26(11-13-27)17-19-6-7-23-20(16-19)8-14-29-23/h1-7,9,15-16H,8,10-14,17-18H2. The molecule has 6 nitrogen and oxygen atoms in total. The van der Waals surface area contributed by atoms with Crippen LogP contribution < -0.4 is 9.47 Å². The molecule has 0 unspecified atom stereocenters. The summed E-state index contributed by atoms with van der Waals surface area (Å²) < 4.78 is 16.9. The summed E-state index contributed by atoms with van der Waals surface area (Å²) in [5.74, 6) is 2.10. The first-order chi connectivity index (χ1) is 15.3. The lowest BCUT2D eigenvalue weighted by Crippen LogP contribution is -2.48. The Morgan fingerprint density at radius 1 is 1.00 bits per heavy atom. The van der Waals surface area contributed by atoms with Gasteiger partial charge in [-0.1, -0.05) is 30.3 Å². The summed E-state index contributed by atoms with van der Waals surface area (Å²) in [6.07, 6.45) is 2.55. The average Bonchev–Trinajstić information content (AvgIpc) is 3.47. The van der Waals surface area contributed by atoms with Crippen LogP contribution in [-0.2, 0) is 19.6 Å². The van der Waals surface area contributed by atoms with Crippen molar-refractivity contribution in [1.29, 1.82) is 0 Å². The van der Waals surface area contributed by atoms with Gasteiger partial charge in [0, 0.05) is 44.7 Å². The quantitative estimate of drug-likeness (QED) is 0.610. The molecule has 0 N–H and O–H groups in total. The van der Waals surface area contributed by atoms with Crippen LogP contribution in [0.25, 0.3) is 0 Å². The molecule has 0 atom stereocenters. The van der Waals surface area contributed by atoms with Crippen molar-refractivity contribution in [3.63, 3.8) is 0 Å². The summed E-state index contributed by atoms with van der Waals surface area (Å²) in [6.45, 7) is 5.05. The third-order valence-corrected chi connectivity index (χ3v) is 5.90. The predicted molar refractivity (Wildman–Crippen MR) is 116 cm³/mol. The fourth-order valence-corrected chi connectivity index (χ4v) is 4.16. The number of fused-ring (bicyclic) bond motifs is 1. The van der Waals surface area contributed by atoms with E-state index >= 15 is 0 Å². The lowest BCUT2D eigenvalue weighted by atomic mass is 10.1. The minimum atomic E-state index is -0.0639. The molecule has 1 amide bonds. The van der Waals surface area contributed by atoms with E-state index in [9.17, 15) is 4.79 Å². The van der Waals surface area contributed by atoms with Crippen LogP contribution >= 0.6 is 0 Å². The van der Waals surface area contributed by atoms with Crippen molar-refractivity contribution in [3.8, 4) is 11.5 Å². The second kappa shape index (κ2) is 8.86. The number of benzene rings is 2. The van der Waals surface area contributed by atoms with Crippen molar-refractivity contribution in [2.45, 2.75) is 19.6 Å². The minimum absolute atomic E-state index is 0.0639. The molecule has 160 valence electrons. The van der Waals surface area contributed by atoms with E-state index in [1.807, 2.05) is 41.3 Å². The Hall–Kier alpha value is -3.25. The van der Waals surface area contributed by atoms with Gasteiger partial charge in [-0.2, -0.15) is 0 Å². The van der Waals surface area contributed by atoms with Crippen LogP contribution in [0.3, 0.4) is 0 Å². The molecule has 2 aromatic carbocycles. The number of hydrogen-bond acceptors (Lipinski definition) is 5. The number of ether oxygens (including phenoxy) is 2. The molecule has 3 heterocycles. The Balaban J connectivity index is 1.16. The molecule has 1 saturated heterocycles. The highest BCUT2D eigenvalue weighted by atomic mass is 16.5. The van der Waals surface area contributed by atoms with Crippen molar-refractivity contribution >= 4 is 5.91 Å². The fourth-order valence-electron chi connectivity index (χ4n) is 4.16. The lowest BCUT2D eigenvalue weighted by molar-refractivity contribution is 0.0594. The highest BCUT2D eigenvalue weighted by Gasteiger charge is 2.26. The van der Waals surface area contributed by atoms with Gasteiger partial charge < -0.3 is 18.8 Å². The van der Waals surface area contributed by atoms with E-state index in [-0.39, 0.29) is 5.91 Å². The second-order valence-corrected chi connectivity index (χ2v) is 7.99. The van der Waals surface area contributed by atoms with Gasteiger partial charge in [0.25, 0.3) is 5.91 Å². The van der Waals surface area contributed by atoms with Gasteiger partial charge in [-0.15, -0.1) is 0 Å². The minimum Gasteiger partial charge on any atom is -0.493 e. The maximum Gasteiger partial charge on any atom is 0.290 e. The number of amides is 1. The van der Waals surface area contributed by atoms with Crippen LogP contribution in [0.1, 0.15) is 27.2 Å². The van der Waals surface area contributed by atoms with Gasteiger partial charge in [0.2, 0.25) is 0 Å². The monoisotopic (exact) mass is 418 g/mol. The zero-order chi connectivity index (χ0) is 21.0. The highest BCUT2D eigenvalue weighted by Crippen LogP contribution is 2.26. The Kier molecular flexibility index (Phi) is 5.63. The molecule has 1 fully saturated rings. The number of piperazine rings is 1. The zero-order valence-electron chi connectivity index (χ0n) is 17.5. The molecule has 6 heteroatoms. The number of furan rings is 1. The van der Waals surface area contributed by atoms with Gasteiger partial charge in [-0.3, -0.25) is 9.69 Å². The third-order valence-electron chi connectivity index (χ3n) is 5.90. The van der Waals surface area contributed by atoms with Crippen LogP contribution in [0.15, 0.2) is 65.3 Å². The molecule has 1 aromatic heterocycles. The van der Waals surface area contributed by atoms with Gasteiger partial charge in [0.05, 0.1) is 12.9 Å². The van der Waals surface area contributed by atoms with Crippen LogP contribution in [-0.4, -0.2) is 48.5 Å². The fraction of sp³-hybridized carbons (Fsp3) is 0.320. The molecule has 5 rings (SSSR count). The van der Waals surface area contributed by atoms with E-state index in [4.69, 9.17) is 13.9 Å². The maximum atomic E-state index is 13.0. The van der Waals surface area contributed by atoms with Gasteiger partial charge in [-0.25, -0.2) is 0 Å². The molecular weight excluding hydrogens is 392 g/mol. The predicted octanol–water partition coefficient (Wildman–Crippen LogP) is 3.75. The molecule has 0 saturated carbocycles. The largest absolute Gasteiger partial charge is 0.493 e. The molecule has 0 radical (unpaired) electrons. The van der Waals surface area contributed by atoms with Gasteiger partial charge in [0.15, 0.2) is 5.76 Å². The first kappa shape index (κ1) is 19.7. The Bertz CT molecular complexity index is 1040. The SMILES string of the molecule is O=C(c1occc1COc1ccccc1)N1CCN(Cc2ccc3c(c2)CCO3)CC1. The average molecular weight is 418 g/mol. The topological polar surface area (TPSA) is 55.2 Å². The first-order valence-corrected chi connectivity index (χ1v) is 10.8. The lowest BCUT2D eigenvalue weighted by Gasteiger charge is -2.34. The summed E-state index contributed by atoms with van der Waals surface area (Å²) in [5.41, 5.74) is 3.38. The van der Waals surface area contributed by atoms with Crippen molar-refractivity contribution in [2.24, 2.45) is 0 Å². The molecule has 3 aromatic rings. The van der Waals surface area contributed by atoms with Crippen LogP contribution in [0.5, 0.6) is 11.5 Å². The molecule has 2 aliphatic heterocycles. The number of carbonyl (C=O) groups excluding carboxylic acids is 1. The van der Waals surface area contributed by atoms with Crippen LogP contribution in [0, 0.1) is 0 Å². The third kappa shape index (κ3) is 4.44. The van der Waals surface area contributed by atoms with E-state index in [2.05, 4.69) is 23.1 Å². The second-order valence-electron chi connectivity index (χ2n) is 7.99. The van der Waals surface area contributed by atoms with E-state index in [0.717, 1.165) is 49.7 Å². The smallest absolute Gasteiger partial charge is 0.290 e.